The summed E-state index contributed by atoms with van der Waals surface area (Å²) in [6.07, 6.45) is 0. The topological polar surface area (TPSA) is 43.9 Å². The number of hydrogen-bond donors (Lipinski definition) is 0. The van der Waals surface area contributed by atoms with Crippen molar-refractivity contribution in [2.24, 2.45) is 0 Å². The van der Waals surface area contributed by atoms with Crippen LogP contribution in [0.15, 0.2) is 156 Å². The molecule has 0 N–H and O–H groups in total. The molecule has 0 amide bonds. The molecule has 7 aromatic carbocycles. The van der Waals surface area contributed by atoms with Gasteiger partial charge in [0.2, 0.25) is 0 Å². The molecule has 10 aromatic rings. The van der Waals surface area contributed by atoms with E-state index in [1.54, 1.807) is 0 Å². The maximum atomic E-state index is 6.83. The zero-order valence-electron chi connectivity index (χ0n) is 28.2. The van der Waals surface area contributed by atoms with Gasteiger partial charge in [-0.25, -0.2) is 9.97 Å². The van der Waals surface area contributed by atoms with E-state index in [0.717, 1.165) is 55.5 Å². The zero-order chi connectivity index (χ0) is 33.8. The second-order valence-corrected chi connectivity index (χ2v) is 18.4. The molecule has 0 atom stereocenters. The molecule has 0 spiro atoms. The van der Waals surface area contributed by atoms with Crippen molar-refractivity contribution in [2.75, 3.05) is 0 Å². The van der Waals surface area contributed by atoms with Crippen molar-refractivity contribution in [3.8, 4) is 39.5 Å². The van der Waals surface area contributed by atoms with E-state index >= 15 is 0 Å². The second kappa shape index (κ2) is 10.4. The molecule has 0 radical (unpaired) electrons. The molecule has 0 aliphatic carbocycles. The summed E-state index contributed by atoms with van der Waals surface area (Å²) in [7, 11) is -2.04. The summed E-state index contributed by atoms with van der Waals surface area (Å²) >= 11 is 0. The van der Waals surface area contributed by atoms with E-state index in [1.165, 1.54) is 43.2 Å². The van der Waals surface area contributed by atoms with Crippen LogP contribution in [0.4, 0.5) is 0 Å². The Balaban J connectivity index is 1.21. The molecular formula is C46H31N3OSi. The number of benzene rings is 7. The Hall–Kier alpha value is -6.30. The van der Waals surface area contributed by atoms with E-state index in [9.17, 15) is 0 Å². The Kier molecular flexibility index (Phi) is 5.79. The summed E-state index contributed by atoms with van der Waals surface area (Å²) in [5.41, 5.74) is 11.7. The lowest BCUT2D eigenvalue weighted by molar-refractivity contribution is 0.670. The average molecular weight is 670 g/mol. The van der Waals surface area contributed by atoms with Crippen LogP contribution in [0, 0.1) is 0 Å². The van der Waals surface area contributed by atoms with Gasteiger partial charge in [-0.1, -0.05) is 122 Å². The van der Waals surface area contributed by atoms with Crippen LogP contribution in [-0.2, 0) is 0 Å². The monoisotopic (exact) mass is 669 g/mol. The minimum Gasteiger partial charge on any atom is -0.455 e. The van der Waals surface area contributed by atoms with Crippen LogP contribution in [-0.4, -0.2) is 22.6 Å². The Labute approximate surface area is 295 Å². The van der Waals surface area contributed by atoms with Crippen molar-refractivity contribution < 1.29 is 4.42 Å². The van der Waals surface area contributed by atoms with Gasteiger partial charge in [-0.3, -0.25) is 0 Å². The minimum absolute atomic E-state index is 0.670. The highest BCUT2D eigenvalue weighted by Gasteiger charge is 2.40. The zero-order valence-corrected chi connectivity index (χ0v) is 29.2. The molecule has 1 aliphatic heterocycles. The Bertz CT molecular complexity index is 3050. The average Bonchev–Trinajstić information content (AvgIpc) is 3.80. The number of nitrogens with zero attached hydrogens (tertiary/aromatic N) is 3. The third kappa shape index (κ3) is 3.89. The number of para-hydroxylation sites is 3. The third-order valence-electron chi connectivity index (χ3n) is 11.0. The van der Waals surface area contributed by atoms with E-state index in [2.05, 4.69) is 169 Å². The summed E-state index contributed by atoms with van der Waals surface area (Å²) in [5, 5.41) is 8.63. The number of furan rings is 1. The highest BCUT2D eigenvalue weighted by molar-refractivity contribution is 7.05. The fourth-order valence-corrected chi connectivity index (χ4v) is 12.2. The molecular weight excluding hydrogens is 639 g/mol. The molecule has 1 aliphatic rings. The van der Waals surface area contributed by atoms with Crippen LogP contribution in [0.1, 0.15) is 0 Å². The molecule has 3 aromatic heterocycles. The third-order valence-corrected chi connectivity index (χ3v) is 14.5. The van der Waals surface area contributed by atoms with Gasteiger partial charge in [-0.05, 0) is 64.0 Å². The van der Waals surface area contributed by atoms with E-state index in [-0.39, 0.29) is 0 Å². The van der Waals surface area contributed by atoms with E-state index in [1.807, 2.05) is 0 Å². The first-order valence-electron chi connectivity index (χ1n) is 17.5. The maximum absolute atomic E-state index is 6.83. The highest BCUT2D eigenvalue weighted by atomic mass is 28.3. The number of hydrogen-bond acceptors (Lipinski definition) is 3. The van der Waals surface area contributed by atoms with Crippen molar-refractivity contribution in [3.05, 3.63) is 152 Å². The molecule has 0 fully saturated rings. The van der Waals surface area contributed by atoms with E-state index in [4.69, 9.17) is 14.4 Å². The largest absolute Gasteiger partial charge is 0.455 e. The van der Waals surface area contributed by atoms with Gasteiger partial charge in [-0.2, -0.15) is 0 Å². The molecule has 0 unspecified atom stereocenters. The molecule has 11 rings (SSSR count). The van der Waals surface area contributed by atoms with Crippen molar-refractivity contribution in [1.29, 1.82) is 0 Å². The quantitative estimate of drug-likeness (QED) is 0.176. The van der Waals surface area contributed by atoms with Crippen LogP contribution in [0.5, 0.6) is 0 Å². The first-order chi connectivity index (χ1) is 25.1. The van der Waals surface area contributed by atoms with Crippen molar-refractivity contribution in [3.63, 3.8) is 0 Å². The lowest BCUT2D eigenvalue weighted by Gasteiger charge is -2.22. The lowest BCUT2D eigenvalue weighted by Crippen LogP contribution is -2.49. The van der Waals surface area contributed by atoms with Crippen LogP contribution in [0.3, 0.4) is 0 Å². The fraction of sp³-hybridized carbons (Fsp3) is 0.0435. The van der Waals surface area contributed by atoms with Gasteiger partial charge < -0.3 is 8.98 Å². The molecule has 240 valence electrons. The van der Waals surface area contributed by atoms with Crippen molar-refractivity contribution in [1.82, 2.24) is 14.5 Å². The number of aromatic nitrogens is 3. The lowest BCUT2D eigenvalue weighted by atomic mass is 9.99. The van der Waals surface area contributed by atoms with Gasteiger partial charge >= 0.3 is 0 Å². The standard InChI is InChI=1S/C46H31N3OSi/c1-51(2)39-23-12-10-18-30(39)31-24-25-35-42(45(31)51)43(28-14-5-3-6-15-28)48-46(47-35)34-21-13-20-33-41-38(50-44(33)34)27-26-37-40(41)32-19-9-11-22-36(32)49(37)29-16-7-4-8-17-29/h3-27H,1-2H3. The summed E-state index contributed by atoms with van der Waals surface area (Å²) in [4.78, 5) is 10.8. The summed E-state index contributed by atoms with van der Waals surface area (Å²) in [5.74, 6) is 0.670. The molecule has 4 nitrogen and oxygen atoms in total. The smallest absolute Gasteiger partial charge is 0.164 e. The molecule has 0 saturated carbocycles. The second-order valence-electron chi connectivity index (χ2n) is 14.1. The van der Waals surface area contributed by atoms with E-state index < -0.39 is 8.07 Å². The first kappa shape index (κ1) is 28.5. The van der Waals surface area contributed by atoms with Crippen LogP contribution >= 0.6 is 0 Å². The molecule has 0 bridgehead atoms. The maximum Gasteiger partial charge on any atom is 0.164 e. The summed E-state index contributed by atoms with van der Waals surface area (Å²) in [6, 6.07) is 54.0. The fourth-order valence-electron chi connectivity index (χ4n) is 8.80. The van der Waals surface area contributed by atoms with Gasteiger partial charge in [0.1, 0.15) is 19.2 Å². The predicted octanol–water partition coefficient (Wildman–Crippen LogP) is 10.8. The van der Waals surface area contributed by atoms with Gasteiger partial charge in [0, 0.05) is 38.2 Å². The van der Waals surface area contributed by atoms with Crippen LogP contribution in [0.2, 0.25) is 13.1 Å². The molecule has 4 heterocycles. The van der Waals surface area contributed by atoms with Crippen molar-refractivity contribution >= 4 is 73.1 Å². The minimum atomic E-state index is -2.04. The molecule has 5 heteroatoms. The van der Waals surface area contributed by atoms with Crippen molar-refractivity contribution in [2.45, 2.75) is 13.1 Å². The van der Waals surface area contributed by atoms with Gasteiger partial charge in [-0.15, -0.1) is 0 Å². The summed E-state index contributed by atoms with van der Waals surface area (Å²) < 4.78 is 9.19. The SMILES string of the molecule is C[Si]1(C)c2ccccc2-c2ccc3nc(-c4cccc5c4oc4ccc6c(c7ccccc7n6-c6ccccc6)c45)nc(-c4ccccc4)c3c21. The van der Waals surface area contributed by atoms with E-state index in [0.29, 0.717) is 5.82 Å². The van der Waals surface area contributed by atoms with Gasteiger partial charge in [0.05, 0.1) is 27.8 Å². The van der Waals surface area contributed by atoms with Crippen LogP contribution in [0.25, 0.3) is 94.1 Å². The Morgan fingerprint density at radius 3 is 2.12 bits per heavy atom. The highest BCUT2D eigenvalue weighted by Crippen LogP contribution is 2.44. The molecule has 51 heavy (non-hydrogen) atoms. The summed E-state index contributed by atoms with van der Waals surface area (Å²) in [6.45, 7) is 4.93. The number of rotatable bonds is 3. The van der Waals surface area contributed by atoms with Gasteiger partial charge in [0.15, 0.2) is 5.82 Å². The molecule has 0 saturated heterocycles. The predicted molar refractivity (Wildman–Crippen MR) is 214 cm³/mol. The normalized spacial score (nSPS) is 13.5. The Morgan fingerprint density at radius 2 is 1.25 bits per heavy atom. The van der Waals surface area contributed by atoms with Gasteiger partial charge in [0.25, 0.3) is 0 Å². The van der Waals surface area contributed by atoms with Crippen LogP contribution < -0.4 is 10.4 Å². The number of fused-ring (bicyclic) bond motifs is 12. The Morgan fingerprint density at radius 1 is 0.529 bits per heavy atom. The first-order valence-corrected chi connectivity index (χ1v) is 20.5.